The first-order valence-corrected chi connectivity index (χ1v) is 55.2. The van der Waals surface area contributed by atoms with Gasteiger partial charge in [0, 0.05) is 135 Å². The van der Waals surface area contributed by atoms with E-state index in [1.165, 1.54) is 39.7 Å². The number of furan rings is 1. The van der Waals surface area contributed by atoms with Gasteiger partial charge in [0.15, 0.2) is 57.9 Å². The van der Waals surface area contributed by atoms with Gasteiger partial charge in [-0.15, -0.1) is 40.4 Å². The molecule has 149 heavy (non-hydrogen) atoms. The lowest BCUT2D eigenvalue weighted by atomic mass is 9.82. The molecule has 30 heteroatoms. The average molecular weight is 2110 g/mol. The molecular formula is C119H117F6N9O10S5. The first-order chi connectivity index (χ1) is 71.8. The third-order valence-corrected chi connectivity index (χ3v) is 33.5. The molecule has 0 saturated heterocycles. The molecule has 8 atom stereocenters. The number of ether oxygens (including phenoxy) is 1. The number of rotatable bonds is 31. The number of benzene rings is 7. The van der Waals surface area contributed by atoms with E-state index in [1.54, 1.807) is 117 Å². The van der Waals surface area contributed by atoms with Crippen LogP contribution < -0.4 is 4.74 Å². The van der Waals surface area contributed by atoms with Gasteiger partial charge < -0.3 is 27.4 Å². The number of hydrogen-bond donors (Lipinski definition) is 0. The number of aryl methyl sites for hydroxylation is 3. The molecule has 0 bridgehead atoms. The third kappa shape index (κ3) is 25.5. The van der Waals surface area contributed by atoms with Crippen LogP contribution in [0.5, 0.6) is 5.75 Å². The molecule has 9 heterocycles. The molecule has 16 aromatic rings. The third-order valence-electron chi connectivity index (χ3n) is 28.7. The second-order valence-electron chi connectivity index (χ2n) is 38.9. The molecule has 0 spiro atoms. The molecule has 4 fully saturated rings. The number of Topliss-reactive ketones (excluding diaryl/α,β-unsaturated/α-hetero) is 8. The van der Waals surface area contributed by atoms with Crippen molar-refractivity contribution in [3.05, 3.63) is 282 Å². The monoisotopic (exact) mass is 2110 g/mol. The van der Waals surface area contributed by atoms with Crippen LogP contribution in [-0.4, -0.2) is 108 Å². The summed E-state index contributed by atoms with van der Waals surface area (Å²) >= 11 is 4.12. The predicted molar refractivity (Wildman–Crippen MR) is 581 cm³/mol. The van der Waals surface area contributed by atoms with Crippen molar-refractivity contribution >= 4 is 148 Å². The maximum absolute atomic E-state index is 13.5. The summed E-state index contributed by atoms with van der Waals surface area (Å²) in [5, 5.41) is 0. The van der Waals surface area contributed by atoms with E-state index in [0.717, 1.165) is 183 Å². The zero-order chi connectivity index (χ0) is 105. The lowest BCUT2D eigenvalue weighted by Crippen LogP contribution is -2.22. The minimum absolute atomic E-state index is 0.0129. The van der Waals surface area contributed by atoms with Gasteiger partial charge in [0.25, 0.3) is 0 Å². The van der Waals surface area contributed by atoms with E-state index in [0.29, 0.717) is 130 Å². The van der Waals surface area contributed by atoms with Crippen LogP contribution in [0.2, 0.25) is 0 Å². The number of thioether (sulfide) groups is 2. The Bertz CT molecular complexity index is 7680. The molecule has 770 valence electrons. The van der Waals surface area contributed by atoms with Crippen molar-refractivity contribution in [3.8, 4) is 63.8 Å². The number of alkyl halides is 6. The number of carbonyl (C=O) groups excluding carboxylic acids is 8. The Balaban J connectivity index is 0.000000136. The number of pyridine rings is 1. The zero-order valence-electron chi connectivity index (χ0n) is 84.4. The molecular weight excluding hydrogens is 1990 g/mol. The fourth-order valence-electron chi connectivity index (χ4n) is 21.7. The molecule has 20 rings (SSSR count). The van der Waals surface area contributed by atoms with Crippen LogP contribution in [0.15, 0.2) is 233 Å². The maximum Gasteiger partial charge on any atom is 0.446 e. The van der Waals surface area contributed by atoms with Crippen LogP contribution in [0.4, 0.5) is 26.3 Å². The second kappa shape index (κ2) is 47.9. The summed E-state index contributed by atoms with van der Waals surface area (Å²) in [6.45, 7) is 13.2. The number of ketones is 8. The van der Waals surface area contributed by atoms with Gasteiger partial charge in [0.2, 0.25) is 0 Å². The van der Waals surface area contributed by atoms with Gasteiger partial charge in [-0.25, -0.2) is 19.9 Å². The lowest BCUT2D eigenvalue weighted by Gasteiger charge is -2.31. The van der Waals surface area contributed by atoms with Gasteiger partial charge in [0.05, 0.1) is 76.3 Å². The Morgan fingerprint density at radius 1 is 0.389 bits per heavy atom. The predicted octanol–water partition coefficient (Wildman–Crippen LogP) is 32.5. The minimum Gasteiger partial charge on any atom is -0.496 e. The Morgan fingerprint density at radius 2 is 0.732 bits per heavy atom. The van der Waals surface area contributed by atoms with E-state index in [9.17, 15) is 64.7 Å². The number of nitrogens with zero attached hydrogens (tertiary/aromatic N) is 9. The van der Waals surface area contributed by atoms with Gasteiger partial charge in [-0.2, -0.15) is 26.3 Å². The van der Waals surface area contributed by atoms with Crippen LogP contribution >= 0.6 is 57.5 Å². The summed E-state index contributed by atoms with van der Waals surface area (Å²) in [6, 6.07) is 64.3. The number of hydrogen-bond acceptors (Lipinski definition) is 20. The summed E-state index contributed by atoms with van der Waals surface area (Å²) in [6.07, 6.45) is 25.6. The summed E-state index contributed by atoms with van der Waals surface area (Å²) in [5.74, 6) is 8.75. The van der Waals surface area contributed by atoms with Crippen LogP contribution in [0, 0.1) is 56.8 Å². The molecule has 4 saturated carbocycles. The molecule has 0 N–H and O–H groups in total. The smallest absolute Gasteiger partial charge is 0.446 e. The number of aromatic nitrogens is 9. The van der Waals surface area contributed by atoms with E-state index >= 15 is 0 Å². The fraction of sp³-hybridized carbons (Fsp3) is 0.353. The number of halogens is 6. The molecule has 0 unspecified atom stereocenters. The van der Waals surface area contributed by atoms with Crippen LogP contribution in [-0.2, 0) is 0 Å². The summed E-state index contributed by atoms with van der Waals surface area (Å²) in [7, 11) is 1.68. The van der Waals surface area contributed by atoms with Crippen molar-refractivity contribution in [3.63, 3.8) is 0 Å². The van der Waals surface area contributed by atoms with Gasteiger partial charge in [0.1, 0.15) is 34.7 Å². The Hall–Kier alpha value is -13.1. The Morgan fingerprint density at radius 3 is 1.07 bits per heavy atom. The number of terminal acetylenes is 1. The van der Waals surface area contributed by atoms with Crippen LogP contribution in [0.3, 0.4) is 0 Å². The van der Waals surface area contributed by atoms with E-state index in [1.807, 2.05) is 161 Å². The molecule has 19 nitrogen and oxygen atoms in total. The van der Waals surface area contributed by atoms with Crippen molar-refractivity contribution in [2.24, 2.45) is 23.7 Å². The van der Waals surface area contributed by atoms with Crippen LogP contribution in [0.25, 0.3) is 89.8 Å². The summed E-state index contributed by atoms with van der Waals surface area (Å²) in [4.78, 5) is 131. The number of imidazole rings is 4. The number of thiophene rings is 3. The minimum atomic E-state index is -4.45. The van der Waals surface area contributed by atoms with Crippen molar-refractivity contribution in [1.82, 2.24) is 43.2 Å². The van der Waals surface area contributed by atoms with E-state index in [-0.39, 0.29) is 122 Å². The molecule has 0 radical (unpaired) electrons. The number of para-hydroxylation sites is 1. The molecule has 0 amide bonds. The lowest BCUT2D eigenvalue weighted by molar-refractivity contribution is -0.0336. The molecule has 0 aliphatic heterocycles. The van der Waals surface area contributed by atoms with Gasteiger partial charge in [-0.05, 0) is 303 Å². The van der Waals surface area contributed by atoms with Crippen molar-refractivity contribution < 1.29 is 73.9 Å². The maximum atomic E-state index is 13.5. The average Bonchev–Trinajstić information content (AvgIpc) is 1.62. The highest BCUT2D eigenvalue weighted by atomic mass is 32.2. The quantitative estimate of drug-likeness (QED) is 0.0170. The number of carbonyl (C=O) groups is 8. The topological polar surface area (TPSA) is 243 Å². The first-order valence-electron chi connectivity index (χ1n) is 51.1. The van der Waals surface area contributed by atoms with E-state index in [4.69, 9.17) is 35.5 Å². The first kappa shape index (κ1) is 107. The normalized spacial score (nSPS) is 17.9. The SMILES string of the molecule is C#Cc1ccc(C(=O)C[C@@H]2CCC[C@H](n3c(-c4ccccc4SC(F)(F)F)nc4cc(C(=O)CC)ccc43)C2)s1.CCC(=O)c1ccc2c(c1)nc(-c1ccccc1OC)n2[C@H]1CCC[C@@H](CC(=O)c2ccc(C)s2)C1.CCC(=O)c1ccc2c(c1)nc(-c1ccccc1SC(F)(F)F)n2[C@H]1CCC[C@@H](CC(=O)c2ccc(C)s2)C1.CCC(=O)c1ccc2c(c1)nc(-c1ccccn1)n2[C@@H]1CCC[C@H](CC(=O)c2ccc(C)o2)C1. The zero-order valence-corrected chi connectivity index (χ0v) is 88.5. The summed E-state index contributed by atoms with van der Waals surface area (Å²) in [5.41, 5.74) is 2.47. The van der Waals surface area contributed by atoms with Gasteiger partial charge in [-0.3, -0.25) is 43.3 Å². The van der Waals surface area contributed by atoms with Crippen LogP contribution in [0.1, 0.15) is 307 Å². The number of fused-ring (bicyclic) bond motifs is 4. The highest BCUT2D eigenvalue weighted by molar-refractivity contribution is 8.00. The van der Waals surface area contributed by atoms with Crippen molar-refractivity contribution in [1.29, 1.82) is 0 Å². The molecule has 7 aromatic carbocycles. The summed E-state index contributed by atoms with van der Waals surface area (Å²) < 4.78 is 101. The largest absolute Gasteiger partial charge is 0.496 e. The molecule has 4 aliphatic carbocycles. The number of methoxy groups -OCH3 is 1. The van der Waals surface area contributed by atoms with Crippen molar-refractivity contribution in [2.75, 3.05) is 7.11 Å². The van der Waals surface area contributed by atoms with E-state index < -0.39 is 11.0 Å². The van der Waals surface area contributed by atoms with Crippen molar-refractivity contribution in [2.45, 2.75) is 248 Å². The molecule has 4 aliphatic rings. The highest BCUT2D eigenvalue weighted by Crippen LogP contribution is 2.51. The fourth-order valence-corrected chi connectivity index (χ4v) is 25.4. The Labute approximate surface area is 882 Å². The second-order valence-corrected chi connectivity index (χ2v) is 44.8. The van der Waals surface area contributed by atoms with Gasteiger partial charge in [-0.1, -0.05) is 114 Å². The van der Waals surface area contributed by atoms with Gasteiger partial charge >= 0.3 is 11.0 Å². The Kier molecular flexibility index (Phi) is 34.4. The molecule has 9 aromatic heterocycles. The standard InChI is InChI=1S/C31H27F3N2O2S2.C30H29F3N2O2S2.C30H32N2O3S.C28H29N3O3/c1-3-22-13-15-29(39-22)27(38)17-19-8-7-9-21(16-19)36-25-14-12-20(26(37)4-2)18-24(25)35-30(36)23-10-5-6-11-28(23)40-31(32,33)34;1-3-25(36)20-12-13-24-23(17-20)34-29(22-9-4-5-10-27(22)39-30(31,32)33)35(24)21-8-6-7-19(15-21)16-26(37)28-14-11-18(2)38-28;1-4-26(33)21-13-14-25-24(18-21)31-30(23-10-5-6-11-28(23)35-3)32(25)22-9-7-8-20(16-22)17-27(34)29-15-12-19(2)36-29;1-3-25(32)20-11-12-24-23(17-20)30-28(22-9-4-5-14-29-22)31(24)21-8-6-7-19(15-21)16-26(33)27-13-10-18(2)34-27/h1,5-6,10-15,18-19,21H,4,7-9,16-17H2,2H3;4-5,9-14,17,19,21H,3,6-8,15-16H2,1-2H3;5-6,10-15,18,20,22H,4,7-9,16-17H2,1-3H3;4-5,9-14,17,19,21H,3,6-8,15-16H2,1-2H3/t2*19-,21+;20-,22+;19-,21+/m1110/s1. The van der Waals surface area contributed by atoms with E-state index in [2.05, 4.69) is 24.6 Å². The highest BCUT2D eigenvalue weighted by Gasteiger charge is 2.39.